The molecule has 3 N–H and O–H groups in total. The maximum absolute atomic E-state index is 11.9. The van der Waals surface area contributed by atoms with Crippen molar-refractivity contribution in [2.24, 2.45) is 0 Å². The lowest BCUT2D eigenvalue weighted by Gasteiger charge is -2.34. The Balaban J connectivity index is 2.39. The largest absolute Gasteiger partial charge is 0.444 e. The van der Waals surface area contributed by atoms with E-state index < -0.39 is 11.7 Å². The molecule has 0 aromatic rings. The van der Waals surface area contributed by atoms with E-state index >= 15 is 0 Å². The van der Waals surface area contributed by atoms with Gasteiger partial charge in [0, 0.05) is 25.7 Å². The fraction of sp³-hybridized carbons (Fsp3) is 0.923. The normalized spacial score (nSPS) is 22.2. The van der Waals surface area contributed by atoms with Crippen molar-refractivity contribution in [3.8, 4) is 0 Å². The van der Waals surface area contributed by atoms with Gasteiger partial charge in [-0.3, -0.25) is 0 Å². The van der Waals surface area contributed by atoms with Gasteiger partial charge in [-0.15, -0.1) is 0 Å². The molecule has 0 radical (unpaired) electrons. The molecule has 0 aromatic carbocycles. The number of carbonyl (C=O) groups is 1. The minimum atomic E-state index is -0.753. The number of amides is 1. The second-order valence-electron chi connectivity index (χ2n) is 6.01. The Morgan fingerprint density at radius 1 is 1.53 bits per heavy atom. The predicted molar refractivity (Wildman–Crippen MR) is 71.9 cm³/mol. The number of nitrogens with zero attached hydrogens (tertiary/aromatic N) is 1. The van der Waals surface area contributed by atoms with Gasteiger partial charge in [0.15, 0.2) is 0 Å². The average molecular weight is 274 g/mol. The highest BCUT2D eigenvalue weighted by atomic mass is 16.6. The van der Waals surface area contributed by atoms with E-state index in [-0.39, 0.29) is 18.7 Å². The zero-order chi connectivity index (χ0) is 14.5. The van der Waals surface area contributed by atoms with E-state index in [1.54, 1.807) is 4.90 Å². The Kier molecular flexibility index (Phi) is 6.03. The lowest BCUT2D eigenvalue weighted by atomic mass is 10.1. The van der Waals surface area contributed by atoms with Crippen LogP contribution in [0, 0.1) is 0 Å². The first-order valence-electron chi connectivity index (χ1n) is 6.82. The molecule has 1 fully saturated rings. The van der Waals surface area contributed by atoms with Gasteiger partial charge in [-0.2, -0.15) is 0 Å². The van der Waals surface area contributed by atoms with Crippen LogP contribution in [0.2, 0.25) is 0 Å². The summed E-state index contributed by atoms with van der Waals surface area (Å²) in [6.07, 6.45) is 0.822. The summed E-state index contributed by atoms with van der Waals surface area (Å²) >= 11 is 0. The molecular weight excluding hydrogens is 248 g/mol. The van der Waals surface area contributed by atoms with Crippen LogP contribution in [0.3, 0.4) is 0 Å². The lowest BCUT2D eigenvalue weighted by Crippen LogP contribution is -2.50. The standard InChI is InChI=1S/C13H26N2O4/c1-13(2,3)19-12(18)15-6-4-5-10(8-15)14-7-11(17)9-16/h10-11,14,16-17H,4-9H2,1-3H3. The van der Waals surface area contributed by atoms with Crippen LogP contribution >= 0.6 is 0 Å². The number of rotatable bonds is 4. The van der Waals surface area contributed by atoms with Gasteiger partial charge >= 0.3 is 6.09 Å². The first-order valence-corrected chi connectivity index (χ1v) is 6.82. The van der Waals surface area contributed by atoms with Gasteiger partial charge in [-0.25, -0.2) is 4.79 Å². The monoisotopic (exact) mass is 274 g/mol. The van der Waals surface area contributed by atoms with E-state index in [2.05, 4.69) is 5.32 Å². The van der Waals surface area contributed by atoms with E-state index in [1.807, 2.05) is 20.8 Å². The smallest absolute Gasteiger partial charge is 0.410 e. The molecule has 19 heavy (non-hydrogen) atoms. The van der Waals surface area contributed by atoms with Gasteiger partial charge in [0.05, 0.1) is 12.7 Å². The van der Waals surface area contributed by atoms with Gasteiger partial charge < -0.3 is 25.2 Å². The van der Waals surface area contributed by atoms with Crippen LogP contribution in [0.15, 0.2) is 0 Å². The fourth-order valence-electron chi connectivity index (χ4n) is 2.00. The molecule has 0 bridgehead atoms. The summed E-state index contributed by atoms with van der Waals surface area (Å²) in [5.74, 6) is 0. The lowest BCUT2D eigenvalue weighted by molar-refractivity contribution is 0.0178. The minimum Gasteiger partial charge on any atom is -0.444 e. The average Bonchev–Trinajstić information content (AvgIpc) is 2.34. The molecule has 1 rings (SSSR count). The Bertz CT molecular complexity index is 291. The minimum absolute atomic E-state index is 0.141. The first kappa shape index (κ1) is 16.2. The first-order chi connectivity index (χ1) is 8.81. The third-order valence-corrected chi connectivity index (χ3v) is 2.93. The molecule has 0 aromatic heterocycles. The predicted octanol–water partition coefficient (Wildman–Crippen LogP) is 0.329. The van der Waals surface area contributed by atoms with Crippen LogP contribution in [0.1, 0.15) is 33.6 Å². The molecule has 112 valence electrons. The van der Waals surface area contributed by atoms with Gasteiger partial charge in [0.2, 0.25) is 0 Å². The van der Waals surface area contributed by atoms with Crippen molar-refractivity contribution >= 4 is 6.09 Å². The second-order valence-corrected chi connectivity index (χ2v) is 6.01. The van der Waals surface area contributed by atoms with E-state index in [0.29, 0.717) is 19.6 Å². The van der Waals surface area contributed by atoms with Crippen molar-refractivity contribution in [2.45, 2.75) is 51.4 Å². The van der Waals surface area contributed by atoms with Gasteiger partial charge in [0.1, 0.15) is 5.60 Å². The molecule has 0 saturated carbocycles. The third-order valence-electron chi connectivity index (χ3n) is 2.93. The molecule has 6 heteroatoms. The number of hydrogen-bond acceptors (Lipinski definition) is 5. The van der Waals surface area contributed by atoms with Crippen molar-refractivity contribution < 1.29 is 19.7 Å². The maximum Gasteiger partial charge on any atom is 0.410 e. The zero-order valence-electron chi connectivity index (χ0n) is 12.1. The Morgan fingerprint density at radius 3 is 2.79 bits per heavy atom. The highest BCUT2D eigenvalue weighted by molar-refractivity contribution is 5.68. The number of carbonyl (C=O) groups excluding carboxylic acids is 1. The fourth-order valence-corrected chi connectivity index (χ4v) is 2.00. The number of nitrogens with one attached hydrogen (secondary N) is 1. The number of hydrogen-bond donors (Lipinski definition) is 3. The SMILES string of the molecule is CC(C)(C)OC(=O)N1CCCC(NCC(O)CO)C1. The van der Waals surface area contributed by atoms with Gasteiger partial charge in [-0.1, -0.05) is 0 Å². The van der Waals surface area contributed by atoms with Gasteiger partial charge in [0.25, 0.3) is 0 Å². The molecular formula is C13H26N2O4. The van der Waals surface area contributed by atoms with Crippen LogP contribution in [0.5, 0.6) is 0 Å². The highest BCUT2D eigenvalue weighted by Gasteiger charge is 2.27. The molecule has 1 saturated heterocycles. The number of likely N-dealkylation sites (tertiary alicyclic amines) is 1. The summed E-state index contributed by atoms with van der Waals surface area (Å²) in [6, 6.07) is 0.141. The summed E-state index contributed by atoms with van der Waals surface area (Å²) in [5.41, 5.74) is -0.482. The molecule has 1 aliphatic heterocycles. The molecule has 2 atom stereocenters. The van der Waals surface area contributed by atoms with Crippen molar-refractivity contribution in [1.29, 1.82) is 0 Å². The molecule has 1 amide bonds. The number of ether oxygens (including phenoxy) is 1. The summed E-state index contributed by atoms with van der Waals surface area (Å²) in [6.45, 7) is 6.91. The van der Waals surface area contributed by atoms with E-state index in [1.165, 1.54) is 0 Å². The topological polar surface area (TPSA) is 82.0 Å². The van der Waals surface area contributed by atoms with Gasteiger partial charge in [-0.05, 0) is 33.6 Å². The van der Waals surface area contributed by atoms with Crippen molar-refractivity contribution in [3.63, 3.8) is 0 Å². The Morgan fingerprint density at radius 2 is 2.21 bits per heavy atom. The van der Waals surface area contributed by atoms with E-state index in [0.717, 1.165) is 12.8 Å². The number of aliphatic hydroxyl groups excluding tert-OH is 2. The van der Waals surface area contributed by atoms with E-state index in [9.17, 15) is 9.90 Å². The van der Waals surface area contributed by atoms with Crippen LogP contribution in [0.4, 0.5) is 4.79 Å². The zero-order valence-corrected chi connectivity index (χ0v) is 12.1. The molecule has 1 aliphatic rings. The van der Waals surface area contributed by atoms with Crippen LogP contribution in [0.25, 0.3) is 0 Å². The second kappa shape index (κ2) is 7.07. The maximum atomic E-state index is 11.9. The molecule has 0 aliphatic carbocycles. The Hall–Kier alpha value is -0.850. The third kappa shape index (κ3) is 6.22. The summed E-state index contributed by atoms with van der Waals surface area (Å²) in [4.78, 5) is 13.6. The van der Waals surface area contributed by atoms with Crippen LogP contribution in [-0.4, -0.2) is 65.2 Å². The molecule has 0 spiro atoms. The number of aliphatic hydroxyl groups is 2. The van der Waals surface area contributed by atoms with Crippen molar-refractivity contribution in [3.05, 3.63) is 0 Å². The number of piperidine rings is 1. The highest BCUT2D eigenvalue weighted by Crippen LogP contribution is 2.15. The molecule has 6 nitrogen and oxygen atoms in total. The van der Waals surface area contributed by atoms with Crippen LogP contribution in [-0.2, 0) is 4.74 Å². The summed E-state index contributed by atoms with van der Waals surface area (Å²) in [7, 11) is 0. The quantitative estimate of drug-likeness (QED) is 0.688. The van der Waals surface area contributed by atoms with Crippen molar-refractivity contribution in [1.82, 2.24) is 10.2 Å². The molecule has 1 heterocycles. The van der Waals surface area contributed by atoms with E-state index in [4.69, 9.17) is 9.84 Å². The van der Waals surface area contributed by atoms with Crippen molar-refractivity contribution in [2.75, 3.05) is 26.2 Å². The summed E-state index contributed by atoms with van der Waals surface area (Å²) in [5, 5.41) is 21.2. The molecule has 2 unspecified atom stereocenters. The van der Waals surface area contributed by atoms with Crippen LogP contribution < -0.4 is 5.32 Å². The Labute approximate surface area is 114 Å². The summed E-state index contributed by atoms with van der Waals surface area (Å²) < 4.78 is 5.34.